The third-order valence-corrected chi connectivity index (χ3v) is 5.67. The van der Waals surface area contributed by atoms with E-state index in [0.717, 1.165) is 12.3 Å². The van der Waals surface area contributed by atoms with Crippen LogP contribution in [-0.2, 0) is 9.84 Å². The van der Waals surface area contributed by atoms with Crippen molar-refractivity contribution in [2.24, 2.45) is 11.8 Å². The Hall–Kier alpha value is -1.66. The second-order valence-corrected chi connectivity index (χ2v) is 8.24. The van der Waals surface area contributed by atoms with Crippen LogP contribution in [0.2, 0.25) is 0 Å². The fourth-order valence-electron chi connectivity index (χ4n) is 2.99. The quantitative estimate of drug-likeness (QED) is 0.830. The molecule has 0 heterocycles. The maximum atomic E-state index is 14.1. The molecule has 0 amide bonds. The fraction of sp³-hybridized carbons (Fsp3) is 0.533. The van der Waals surface area contributed by atoms with Gasteiger partial charge in [-0.3, -0.25) is 0 Å². The number of nitriles is 1. The average Bonchev–Trinajstić information content (AvgIpc) is 3.24. The van der Waals surface area contributed by atoms with Gasteiger partial charge in [-0.25, -0.2) is 17.2 Å². The number of sulfone groups is 1. The molecule has 0 aromatic heterocycles. The van der Waals surface area contributed by atoms with E-state index >= 15 is 0 Å². The molecule has 3 rings (SSSR count). The average molecular weight is 353 g/mol. The van der Waals surface area contributed by atoms with Gasteiger partial charge in [0.05, 0.1) is 31.3 Å². The molecule has 1 saturated carbocycles. The van der Waals surface area contributed by atoms with Crippen LogP contribution in [-0.4, -0.2) is 40.2 Å². The normalized spacial score (nSPS) is 30.5. The van der Waals surface area contributed by atoms with Gasteiger partial charge in [-0.05, 0) is 18.6 Å². The van der Waals surface area contributed by atoms with E-state index in [9.17, 15) is 22.3 Å². The van der Waals surface area contributed by atoms with Gasteiger partial charge in [-0.15, -0.1) is 0 Å². The van der Waals surface area contributed by atoms with E-state index in [4.69, 9.17) is 17.8 Å². The van der Waals surface area contributed by atoms with Crippen LogP contribution < -0.4 is 4.74 Å². The van der Waals surface area contributed by atoms with E-state index in [0.29, 0.717) is 6.42 Å². The Morgan fingerprint density at radius 2 is 2.12 bits per heavy atom. The topological polar surface area (TPSA) is 87.4 Å². The third-order valence-electron chi connectivity index (χ3n) is 4.51. The fourth-order valence-corrected chi connectivity index (χ4v) is 3.93. The van der Waals surface area contributed by atoms with Crippen LogP contribution >= 0.6 is 0 Å². The molecule has 4 unspecified atom stereocenters. The third kappa shape index (κ3) is 2.58. The molecule has 4 atom stereocenters. The summed E-state index contributed by atoms with van der Waals surface area (Å²) >= 11 is 0. The van der Waals surface area contributed by atoms with Crippen molar-refractivity contribution in [3.8, 4) is 11.8 Å². The molecule has 5 nitrogen and oxygen atoms in total. The zero-order valence-corrected chi connectivity index (χ0v) is 13.6. The van der Waals surface area contributed by atoms with Gasteiger partial charge in [0, 0.05) is 29.1 Å². The number of rotatable bonds is 4. The minimum absolute atomic E-state index is 0.0169. The van der Waals surface area contributed by atoms with E-state index in [1.165, 1.54) is 6.07 Å². The lowest BCUT2D eigenvalue weighted by atomic mass is 9.79. The van der Waals surface area contributed by atoms with E-state index in [1.807, 2.05) is 0 Å². The zero-order valence-electron chi connectivity index (χ0n) is 12.7. The van der Waals surface area contributed by atoms with E-state index < -0.39 is 33.2 Å². The van der Waals surface area contributed by atoms with Crippen LogP contribution in [0.5, 0.6) is 5.75 Å². The van der Waals surface area contributed by atoms with Gasteiger partial charge in [0.2, 0.25) is 0 Å². The molecule has 0 aliphatic heterocycles. The van der Waals surface area contributed by atoms with Crippen molar-refractivity contribution in [2.45, 2.75) is 29.2 Å². The van der Waals surface area contributed by atoms with Crippen LogP contribution in [0, 0.1) is 23.2 Å². The number of aliphatic hydroxyl groups excluding tert-OH is 1. The summed E-state index contributed by atoms with van der Waals surface area (Å²) in [5.74, 6) is -5.65. The molecule has 1 aromatic rings. The Labute approximate surface area is 139 Å². The maximum Gasteiger partial charge on any atom is 0.276 e. The highest BCUT2D eigenvalue weighted by Crippen LogP contribution is 2.55. The lowest BCUT2D eigenvalue weighted by Crippen LogP contribution is -2.27. The van der Waals surface area contributed by atoms with Crippen molar-refractivity contribution in [3.63, 3.8) is 0 Å². The van der Waals surface area contributed by atoms with Crippen molar-refractivity contribution >= 4 is 17.7 Å². The highest BCUT2D eigenvalue weighted by molar-refractivity contribution is 7.90. The molecule has 9 heteroatoms. The molecule has 1 fully saturated rings. The number of fused-ring (bicyclic) bond motifs is 1. The monoisotopic (exact) mass is 353 g/mol. The Bertz CT molecular complexity index is 837. The van der Waals surface area contributed by atoms with E-state index in [2.05, 4.69) is 6.07 Å². The Balaban J connectivity index is 2.03. The van der Waals surface area contributed by atoms with Crippen LogP contribution in [0.3, 0.4) is 0 Å². The van der Waals surface area contributed by atoms with Crippen molar-refractivity contribution in [1.29, 1.82) is 5.26 Å². The molecular weight excluding hydrogens is 339 g/mol. The van der Waals surface area contributed by atoms with E-state index in [1.54, 1.807) is 0 Å². The SMILES string of the molecule is [B]C1c2c(OCC3CC3C#N)ccc(S(C)(=O)=O)c2C(O)C1(F)F. The highest BCUT2D eigenvalue weighted by Gasteiger charge is 2.55. The van der Waals surface area contributed by atoms with E-state index in [-0.39, 0.29) is 34.7 Å². The lowest BCUT2D eigenvalue weighted by molar-refractivity contribution is -0.101. The van der Waals surface area contributed by atoms with Crippen molar-refractivity contribution in [2.75, 3.05) is 12.9 Å². The number of hydrogen-bond acceptors (Lipinski definition) is 5. The summed E-state index contributed by atoms with van der Waals surface area (Å²) in [6, 6.07) is 4.50. The molecule has 0 saturated heterocycles. The Morgan fingerprint density at radius 1 is 1.46 bits per heavy atom. The summed E-state index contributed by atoms with van der Waals surface area (Å²) < 4.78 is 57.5. The summed E-state index contributed by atoms with van der Waals surface area (Å²) in [6.45, 7) is 0.150. The molecule has 1 N–H and O–H groups in total. The first-order chi connectivity index (χ1) is 11.1. The molecule has 2 radical (unpaired) electrons. The number of halogens is 2. The predicted molar refractivity (Wildman–Crippen MR) is 80.7 cm³/mol. The molecule has 126 valence electrons. The molecular formula is C15H14BF2NO4S. The predicted octanol–water partition coefficient (Wildman–Crippen LogP) is 1.52. The Morgan fingerprint density at radius 3 is 2.67 bits per heavy atom. The molecule has 2 aliphatic rings. The molecule has 0 spiro atoms. The second-order valence-electron chi connectivity index (χ2n) is 6.26. The first-order valence-electron chi connectivity index (χ1n) is 7.29. The number of ether oxygens (including phenoxy) is 1. The lowest BCUT2D eigenvalue weighted by Gasteiger charge is -2.19. The summed E-state index contributed by atoms with van der Waals surface area (Å²) in [5.41, 5.74) is -0.593. The van der Waals surface area contributed by atoms with Gasteiger partial charge >= 0.3 is 0 Å². The van der Waals surface area contributed by atoms with Crippen LogP contribution in [0.25, 0.3) is 0 Å². The number of aliphatic hydroxyl groups is 1. The maximum absolute atomic E-state index is 14.1. The largest absolute Gasteiger partial charge is 0.493 e. The van der Waals surface area contributed by atoms with Gasteiger partial charge in [0.25, 0.3) is 5.92 Å². The number of nitrogens with zero attached hydrogens (tertiary/aromatic N) is 1. The first-order valence-corrected chi connectivity index (χ1v) is 9.19. The summed E-state index contributed by atoms with van der Waals surface area (Å²) in [4.78, 5) is -0.383. The number of benzene rings is 1. The standard InChI is InChI=1S/C15H14BF2NO4S/c1-24(21,22)10-3-2-9(23-6-8-4-7(8)5-19)11-12(10)14(20)15(17,18)13(11)16/h2-3,7-8,13-14,20H,4,6H2,1H3. The number of hydrogen-bond donors (Lipinski definition) is 1. The summed E-state index contributed by atoms with van der Waals surface area (Å²) in [7, 11) is 1.74. The minimum Gasteiger partial charge on any atom is -0.493 e. The van der Waals surface area contributed by atoms with Crippen LogP contribution in [0.15, 0.2) is 17.0 Å². The first kappa shape index (κ1) is 17.2. The van der Waals surface area contributed by atoms with Gasteiger partial charge in [0.1, 0.15) is 11.9 Å². The van der Waals surface area contributed by atoms with Crippen molar-refractivity contribution in [3.05, 3.63) is 23.3 Å². The van der Waals surface area contributed by atoms with Crippen molar-refractivity contribution < 1.29 is 27.0 Å². The smallest absolute Gasteiger partial charge is 0.276 e. The van der Waals surface area contributed by atoms with Gasteiger partial charge in [0.15, 0.2) is 9.84 Å². The summed E-state index contributed by atoms with van der Waals surface area (Å²) in [6.07, 6.45) is -0.770. The molecule has 1 aromatic carbocycles. The minimum atomic E-state index is -3.83. The van der Waals surface area contributed by atoms with Crippen LogP contribution in [0.1, 0.15) is 29.5 Å². The Kier molecular flexibility index (Phi) is 3.88. The van der Waals surface area contributed by atoms with Gasteiger partial charge in [-0.1, -0.05) is 0 Å². The van der Waals surface area contributed by atoms with Gasteiger partial charge in [-0.2, -0.15) is 5.26 Å². The highest BCUT2D eigenvalue weighted by atomic mass is 32.2. The van der Waals surface area contributed by atoms with Crippen LogP contribution in [0.4, 0.5) is 8.78 Å². The van der Waals surface area contributed by atoms with Gasteiger partial charge < -0.3 is 9.84 Å². The molecule has 0 bridgehead atoms. The summed E-state index contributed by atoms with van der Waals surface area (Å²) in [5, 5.41) is 18.7. The zero-order chi connectivity index (χ0) is 17.9. The molecule has 2 aliphatic carbocycles. The van der Waals surface area contributed by atoms with Crippen molar-refractivity contribution in [1.82, 2.24) is 0 Å². The second kappa shape index (κ2) is 5.43. The number of alkyl halides is 2. The molecule has 24 heavy (non-hydrogen) atoms.